The lowest BCUT2D eigenvalue weighted by molar-refractivity contribution is 0.515. The van der Waals surface area contributed by atoms with Gasteiger partial charge in [0.2, 0.25) is 0 Å². The minimum absolute atomic E-state index is 0.863. The first kappa shape index (κ1) is 10.9. The Morgan fingerprint density at radius 1 is 1.38 bits per heavy atom. The number of aryl methyl sites for hydroxylation is 2. The maximum Gasteiger partial charge on any atom is 0.0948 e. The number of imidazole rings is 1. The fraction of sp³-hybridized carbons (Fsp3) is 0.455. The van der Waals surface area contributed by atoms with Gasteiger partial charge in [-0.1, -0.05) is 0 Å². The fourth-order valence-electron chi connectivity index (χ4n) is 1.71. The molecular weight excluding hydrogens is 202 g/mol. The van der Waals surface area contributed by atoms with Gasteiger partial charge >= 0.3 is 0 Å². The molecule has 0 aliphatic heterocycles. The van der Waals surface area contributed by atoms with Gasteiger partial charge in [0.25, 0.3) is 0 Å². The molecule has 0 saturated heterocycles. The van der Waals surface area contributed by atoms with E-state index in [4.69, 9.17) is 0 Å². The molecule has 2 rings (SSSR count). The minimum atomic E-state index is 0.863. The normalized spacial score (nSPS) is 10.8. The Kier molecular flexibility index (Phi) is 3.71. The van der Waals surface area contributed by atoms with Crippen molar-refractivity contribution in [2.75, 3.05) is 7.05 Å². The number of aromatic nitrogens is 4. The van der Waals surface area contributed by atoms with Crippen LogP contribution in [0.3, 0.4) is 0 Å². The molecule has 0 radical (unpaired) electrons. The Labute approximate surface area is 95.1 Å². The third kappa shape index (κ3) is 2.70. The van der Waals surface area contributed by atoms with Crippen LogP contribution < -0.4 is 5.32 Å². The maximum atomic E-state index is 4.17. The van der Waals surface area contributed by atoms with Crippen molar-refractivity contribution in [1.29, 1.82) is 0 Å². The third-order valence-corrected chi connectivity index (χ3v) is 2.50. The van der Waals surface area contributed by atoms with Gasteiger partial charge in [0.1, 0.15) is 0 Å². The molecule has 2 aromatic rings. The number of nitrogens with one attached hydrogen (secondary N) is 1. The summed E-state index contributed by atoms with van der Waals surface area (Å²) in [6.45, 7) is 2.79. The number of hydrogen-bond donors (Lipinski definition) is 1. The first-order valence-corrected chi connectivity index (χ1v) is 5.51. The average molecular weight is 219 g/mol. The van der Waals surface area contributed by atoms with Crippen molar-refractivity contribution in [3.8, 4) is 0 Å². The van der Waals surface area contributed by atoms with Crippen LogP contribution in [0.15, 0.2) is 31.0 Å². The van der Waals surface area contributed by atoms with Crippen molar-refractivity contribution in [2.45, 2.75) is 26.1 Å². The smallest absolute Gasteiger partial charge is 0.0948 e. The summed E-state index contributed by atoms with van der Waals surface area (Å²) in [6.07, 6.45) is 8.65. The van der Waals surface area contributed by atoms with Crippen LogP contribution in [0, 0.1) is 0 Å². The zero-order valence-corrected chi connectivity index (χ0v) is 9.50. The van der Waals surface area contributed by atoms with Crippen LogP contribution >= 0.6 is 0 Å². The molecule has 0 aliphatic carbocycles. The highest BCUT2D eigenvalue weighted by Crippen LogP contribution is 2.01. The largest absolute Gasteiger partial charge is 0.333 e. The number of nitrogens with zero attached hydrogens (tertiary/aromatic N) is 4. The molecule has 0 bridgehead atoms. The summed E-state index contributed by atoms with van der Waals surface area (Å²) in [6, 6.07) is 1.95. The quantitative estimate of drug-likeness (QED) is 0.785. The van der Waals surface area contributed by atoms with Crippen LogP contribution in [0.2, 0.25) is 0 Å². The summed E-state index contributed by atoms with van der Waals surface area (Å²) >= 11 is 0. The highest BCUT2D eigenvalue weighted by molar-refractivity contribution is 4.97. The molecule has 0 spiro atoms. The molecule has 0 aliphatic rings. The van der Waals surface area contributed by atoms with Gasteiger partial charge in [0.05, 0.1) is 12.0 Å². The van der Waals surface area contributed by atoms with Gasteiger partial charge in [-0.3, -0.25) is 4.68 Å². The van der Waals surface area contributed by atoms with Gasteiger partial charge in [0, 0.05) is 38.2 Å². The van der Waals surface area contributed by atoms with Crippen LogP contribution in [-0.2, 0) is 19.6 Å². The van der Waals surface area contributed by atoms with Crippen molar-refractivity contribution in [1.82, 2.24) is 24.6 Å². The molecule has 0 saturated carbocycles. The zero-order chi connectivity index (χ0) is 11.2. The Hall–Kier alpha value is -1.62. The van der Waals surface area contributed by atoms with Crippen molar-refractivity contribution in [3.63, 3.8) is 0 Å². The molecule has 0 atom stereocenters. The molecule has 0 unspecified atom stereocenters. The summed E-state index contributed by atoms with van der Waals surface area (Å²) in [5.74, 6) is 0. The van der Waals surface area contributed by atoms with E-state index in [1.165, 1.54) is 5.69 Å². The van der Waals surface area contributed by atoms with E-state index >= 15 is 0 Å². The summed E-state index contributed by atoms with van der Waals surface area (Å²) in [7, 11) is 1.95. The number of hydrogen-bond acceptors (Lipinski definition) is 3. The van der Waals surface area contributed by atoms with Gasteiger partial charge in [-0.15, -0.1) is 0 Å². The summed E-state index contributed by atoms with van der Waals surface area (Å²) in [5.41, 5.74) is 1.22. The topological polar surface area (TPSA) is 47.7 Å². The van der Waals surface area contributed by atoms with Crippen LogP contribution in [-0.4, -0.2) is 26.4 Å². The second kappa shape index (κ2) is 5.46. The van der Waals surface area contributed by atoms with E-state index in [1.807, 2.05) is 42.7 Å². The van der Waals surface area contributed by atoms with E-state index in [1.54, 1.807) is 0 Å². The third-order valence-electron chi connectivity index (χ3n) is 2.50. The lowest BCUT2D eigenvalue weighted by atomic mass is 10.4. The first-order chi connectivity index (χ1) is 7.90. The summed E-state index contributed by atoms with van der Waals surface area (Å²) in [5, 5.41) is 7.31. The molecule has 0 amide bonds. The molecule has 0 fully saturated rings. The van der Waals surface area contributed by atoms with Crippen molar-refractivity contribution in [3.05, 3.63) is 36.7 Å². The van der Waals surface area contributed by atoms with E-state index in [9.17, 15) is 0 Å². The minimum Gasteiger partial charge on any atom is -0.333 e. The van der Waals surface area contributed by atoms with Crippen LogP contribution in [0.25, 0.3) is 0 Å². The monoisotopic (exact) mass is 219 g/mol. The van der Waals surface area contributed by atoms with E-state index in [0.717, 1.165) is 26.1 Å². The van der Waals surface area contributed by atoms with Gasteiger partial charge in [-0.05, 0) is 19.5 Å². The molecule has 0 aromatic carbocycles. The van der Waals surface area contributed by atoms with Crippen LogP contribution in [0.1, 0.15) is 12.1 Å². The van der Waals surface area contributed by atoms with Crippen molar-refractivity contribution >= 4 is 0 Å². The Balaban J connectivity index is 1.82. The van der Waals surface area contributed by atoms with E-state index < -0.39 is 0 Å². The maximum absolute atomic E-state index is 4.17. The Morgan fingerprint density at radius 2 is 2.31 bits per heavy atom. The van der Waals surface area contributed by atoms with E-state index in [-0.39, 0.29) is 0 Å². The highest BCUT2D eigenvalue weighted by atomic mass is 15.3. The second-order valence-corrected chi connectivity index (χ2v) is 3.73. The van der Waals surface area contributed by atoms with Gasteiger partial charge in [-0.2, -0.15) is 5.10 Å². The zero-order valence-electron chi connectivity index (χ0n) is 9.50. The lowest BCUT2D eigenvalue weighted by Crippen LogP contribution is -2.12. The highest BCUT2D eigenvalue weighted by Gasteiger charge is 2.00. The molecule has 16 heavy (non-hydrogen) atoms. The molecule has 5 heteroatoms. The van der Waals surface area contributed by atoms with Crippen LogP contribution in [0.5, 0.6) is 0 Å². The molecular formula is C11H17N5. The van der Waals surface area contributed by atoms with Gasteiger partial charge in [0.15, 0.2) is 0 Å². The van der Waals surface area contributed by atoms with Gasteiger partial charge < -0.3 is 9.88 Å². The number of rotatable bonds is 6. The standard InChI is InChI=1S/C11H17N5/c1-12-8-11-9-13-10-15(11)5-3-7-16-6-2-4-14-16/h2,4,6,9-10,12H,3,5,7-8H2,1H3. The van der Waals surface area contributed by atoms with Crippen molar-refractivity contribution < 1.29 is 0 Å². The molecule has 2 heterocycles. The molecule has 5 nitrogen and oxygen atoms in total. The molecule has 86 valence electrons. The summed E-state index contributed by atoms with van der Waals surface area (Å²) in [4.78, 5) is 4.16. The fourth-order valence-corrected chi connectivity index (χ4v) is 1.71. The van der Waals surface area contributed by atoms with E-state index in [2.05, 4.69) is 20.0 Å². The Morgan fingerprint density at radius 3 is 3.06 bits per heavy atom. The van der Waals surface area contributed by atoms with E-state index in [0.29, 0.717) is 0 Å². The summed E-state index contributed by atoms with van der Waals surface area (Å²) < 4.78 is 4.13. The lowest BCUT2D eigenvalue weighted by Gasteiger charge is -2.07. The van der Waals surface area contributed by atoms with Crippen LogP contribution in [0.4, 0.5) is 0 Å². The average Bonchev–Trinajstić information content (AvgIpc) is 2.91. The molecule has 1 N–H and O–H groups in total. The first-order valence-electron chi connectivity index (χ1n) is 5.51. The molecule has 2 aromatic heterocycles. The second-order valence-electron chi connectivity index (χ2n) is 3.73. The Bertz CT molecular complexity index is 404. The predicted molar refractivity (Wildman–Crippen MR) is 61.8 cm³/mol. The SMILES string of the molecule is CNCc1cncn1CCCn1cccn1. The van der Waals surface area contributed by atoms with Gasteiger partial charge in [-0.25, -0.2) is 4.98 Å². The predicted octanol–water partition coefficient (Wildman–Crippen LogP) is 0.889. The van der Waals surface area contributed by atoms with Crippen molar-refractivity contribution in [2.24, 2.45) is 0 Å².